The molecular weight excluding hydrogens is 243 g/mol. The highest BCUT2D eigenvalue weighted by Gasteiger charge is 2.19. The third-order valence-corrected chi connectivity index (χ3v) is 3.17. The van der Waals surface area contributed by atoms with E-state index in [1.165, 1.54) is 12.1 Å². The molecule has 0 radical (unpaired) electrons. The van der Waals surface area contributed by atoms with E-state index in [1.54, 1.807) is 6.07 Å². The molecule has 92 valence electrons. The number of rotatable bonds is 4. The van der Waals surface area contributed by atoms with Crippen LogP contribution in [0.4, 0.5) is 4.39 Å². The smallest absolute Gasteiger partial charge is 0.142 e. The zero-order chi connectivity index (χ0) is 12.3. The summed E-state index contributed by atoms with van der Waals surface area (Å²) in [5.74, 6) is -0.396. The second-order valence-electron chi connectivity index (χ2n) is 4.30. The summed E-state index contributed by atoms with van der Waals surface area (Å²) >= 11 is 5.57. The highest BCUT2D eigenvalue weighted by atomic mass is 35.5. The van der Waals surface area contributed by atoms with Crippen LogP contribution in [-0.2, 0) is 16.0 Å². The Labute approximate surface area is 105 Å². The second kappa shape index (κ2) is 5.61. The van der Waals surface area contributed by atoms with Gasteiger partial charge in [-0.05, 0) is 30.5 Å². The Kier molecular flexibility index (Phi) is 4.13. The van der Waals surface area contributed by atoms with E-state index in [0.717, 1.165) is 19.4 Å². The molecule has 1 fully saturated rings. The molecule has 4 heteroatoms. The fourth-order valence-electron chi connectivity index (χ4n) is 2.01. The first-order valence-corrected chi connectivity index (χ1v) is 6.10. The van der Waals surface area contributed by atoms with Gasteiger partial charge in [0.1, 0.15) is 11.6 Å². The third kappa shape index (κ3) is 3.51. The molecule has 17 heavy (non-hydrogen) atoms. The zero-order valence-corrected chi connectivity index (χ0v) is 10.2. The number of carbonyl (C=O) groups excluding carboxylic acids is 1. The predicted octanol–water partition coefficient (Wildman–Crippen LogP) is 3.16. The van der Waals surface area contributed by atoms with Crippen molar-refractivity contribution in [3.8, 4) is 0 Å². The van der Waals surface area contributed by atoms with E-state index in [1.807, 2.05) is 0 Å². The van der Waals surface area contributed by atoms with E-state index in [0.29, 0.717) is 12.0 Å². The van der Waals surface area contributed by atoms with E-state index in [2.05, 4.69) is 0 Å². The SMILES string of the molecule is O=C(Cc1ccc(Cl)c(F)c1)CC1CCCO1. The van der Waals surface area contributed by atoms with Gasteiger partial charge in [-0.1, -0.05) is 17.7 Å². The van der Waals surface area contributed by atoms with E-state index >= 15 is 0 Å². The van der Waals surface area contributed by atoms with Crippen LogP contribution in [0.15, 0.2) is 18.2 Å². The van der Waals surface area contributed by atoms with Gasteiger partial charge in [0.15, 0.2) is 0 Å². The molecule has 0 bridgehead atoms. The normalized spacial score (nSPS) is 19.5. The molecule has 1 unspecified atom stereocenters. The van der Waals surface area contributed by atoms with Gasteiger partial charge in [-0.25, -0.2) is 4.39 Å². The fraction of sp³-hybridized carbons (Fsp3) is 0.462. The molecule has 0 aromatic heterocycles. The molecule has 0 saturated carbocycles. The van der Waals surface area contributed by atoms with Gasteiger partial charge >= 0.3 is 0 Å². The van der Waals surface area contributed by atoms with E-state index in [9.17, 15) is 9.18 Å². The maximum Gasteiger partial charge on any atom is 0.142 e. The van der Waals surface area contributed by atoms with Crippen molar-refractivity contribution in [2.45, 2.75) is 31.8 Å². The number of ether oxygens (including phenoxy) is 1. The number of benzene rings is 1. The summed E-state index contributed by atoms with van der Waals surface area (Å²) in [7, 11) is 0. The molecule has 1 aliphatic rings. The van der Waals surface area contributed by atoms with Crippen molar-refractivity contribution in [2.75, 3.05) is 6.61 Å². The third-order valence-electron chi connectivity index (χ3n) is 2.86. The van der Waals surface area contributed by atoms with Crippen LogP contribution < -0.4 is 0 Å². The monoisotopic (exact) mass is 256 g/mol. The molecule has 2 nitrogen and oxygen atoms in total. The van der Waals surface area contributed by atoms with Crippen LogP contribution in [0.5, 0.6) is 0 Å². The van der Waals surface area contributed by atoms with Crippen molar-refractivity contribution in [1.29, 1.82) is 0 Å². The van der Waals surface area contributed by atoms with Crippen LogP contribution in [0.2, 0.25) is 5.02 Å². The number of hydrogen-bond acceptors (Lipinski definition) is 2. The second-order valence-corrected chi connectivity index (χ2v) is 4.71. The molecule has 1 aromatic rings. The molecule has 2 rings (SSSR count). The lowest BCUT2D eigenvalue weighted by Crippen LogP contribution is -2.14. The highest BCUT2D eigenvalue weighted by Crippen LogP contribution is 2.19. The summed E-state index contributed by atoms with van der Waals surface area (Å²) in [5.41, 5.74) is 0.662. The largest absolute Gasteiger partial charge is 0.378 e. The Bertz CT molecular complexity index is 414. The quantitative estimate of drug-likeness (QED) is 0.827. The molecule has 0 amide bonds. The Balaban J connectivity index is 1.90. The number of Topliss-reactive ketones (excluding diaryl/α,β-unsaturated/α-hetero) is 1. The van der Waals surface area contributed by atoms with Crippen molar-refractivity contribution in [1.82, 2.24) is 0 Å². The first-order chi connectivity index (χ1) is 8.15. The van der Waals surface area contributed by atoms with Crippen LogP contribution in [0.25, 0.3) is 0 Å². The van der Waals surface area contributed by atoms with Crippen LogP contribution in [0.1, 0.15) is 24.8 Å². The van der Waals surface area contributed by atoms with Gasteiger partial charge in [-0.3, -0.25) is 4.79 Å². The summed E-state index contributed by atoms with van der Waals surface area (Å²) in [6.07, 6.45) is 2.69. The molecule has 0 N–H and O–H groups in total. The number of ketones is 1. The molecular formula is C13H14ClFO2. The maximum absolute atomic E-state index is 13.2. The average Bonchev–Trinajstić information content (AvgIpc) is 2.76. The Morgan fingerprint density at radius 3 is 3.00 bits per heavy atom. The molecule has 1 atom stereocenters. The van der Waals surface area contributed by atoms with Crippen molar-refractivity contribution >= 4 is 17.4 Å². The van der Waals surface area contributed by atoms with Crippen LogP contribution in [0, 0.1) is 5.82 Å². The first-order valence-electron chi connectivity index (χ1n) is 5.72. The Morgan fingerprint density at radius 2 is 2.35 bits per heavy atom. The number of hydrogen-bond donors (Lipinski definition) is 0. The minimum atomic E-state index is -0.478. The number of carbonyl (C=O) groups is 1. The lowest BCUT2D eigenvalue weighted by molar-refractivity contribution is -0.120. The van der Waals surface area contributed by atoms with Crippen molar-refractivity contribution in [2.24, 2.45) is 0 Å². The first kappa shape index (κ1) is 12.5. The summed E-state index contributed by atoms with van der Waals surface area (Å²) in [6.45, 7) is 0.744. The van der Waals surface area contributed by atoms with Crippen molar-refractivity contribution in [3.05, 3.63) is 34.6 Å². The fourth-order valence-corrected chi connectivity index (χ4v) is 2.13. The molecule has 1 aromatic carbocycles. The molecule has 1 saturated heterocycles. The van der Waals surface area contributed by atoms with Gasteiger partial charge < -0.3 is 4.74 Å². The lowest BCUT2D eigenvalue weighted by atomic mass is 10.0. The topological polar surface area (TPSA) is 26.3 Å². The summed E-state index contributed by atoms with van der Waals surface area (Å²) in [4.78, 5) is 11.7. The van der Waals surface area contributed by atoms with Crippen LogP contribution >= 0.6 is 11.6 Å². The molecule has 0 spiro atoms. The Hall–Kier alpha value is -0.930. The van der Waals surface area contributed by atoms with E-state index in [-0.39, 0.29) is 23.3 Å². The predicted molar refractivity (Wildman–Crippen MR) is 63.7 cm³/mol. The van der Waals surface area contributed by atoms with Crippen LogP contribution in [-0.4, -0.2) is 18.5 Å². The van der Waals surface area contributed by atoms with E-state index < -0.39 is 5.82 Å². The van der Waals surface area contributed by atoms with Crippen molar-refractivity contribution < 1.29 is 13.9 Å². The summed E-state index contributed by atoms with van der Waals surface area (Å²) < 4.78 is 18.6. The minimum absolute atomic E-state index is 0.0552. The summed E-state index contributed by atoms with van der Waals surface area (Å²) in [5, 5.41) is 0.0836. The van der Waals surface area contributed by atoms with Gasteiger partial charge in [0.05, 0.1) is 11.1 Å². The van der Waals surface area contributed by atoms with Gasteiger partial charge in [0, 0.05) is 19.4 Å². The molecule has 1 aliphatic heterocycles. The van der Waals surface area contributed by atoms with Crippen molar-refractivity contribution in [3.63, 3.8) is 0 Å². The zero-order valence-electron chi connectivity index (χ0n) is 9.42. The van der Waals surface area contributed by atoms with E-state index in [4.69, 9.17) is 16.3 Å². The number of halogens is 2. The van der Waals surface area contributed by atoms with Gasteiger partial charge in [-0.2, -0.15) is 0 Å². The van der Waals surface area contributed by atoms with Gasteiger partial charge in [0.2, 0.25) is 0 Å². The lowest BCUT2D eigenvalue weighted by Gasteiger charge is -2.08. The summed E-state index contributed by atoms with van der Waals surface area (Å²) in [6, 6.07) is 4.47. The average molecular weight is 257 g/mol. The Morgan fingerprint density at radius 1 is 1.53 bits per heavy atom. The standard InChI is InChI=1S/C13H14ClFO2/c14-12-4-3-9(7-13(12)15)6-10(16)8-11-2-1-5-17-11/h3-4,7,11H,1-2,5-6,8H2. The molecule has 1 heterocycles. The minimum Gasteiger partial charge on any atom is -0.378 e. The van der Waals surface area contributed by atoms with Gasteiger partial charge in [-0.15, -0.1) is 0 Å². The maximum atomic E-state index is 13.2. The highest BCUT2D eigenvalue weighted by molar-refractivity contribution is 6.30. The molecule has 0 aliphatic carbocycles. The van der Waals surface area contributed by atoms with Crippen LogP contribution in [0.3, 0.4) is 0 Å². The van der Waals surface area contributed by atoms with Gasteiger partial charge in [0.25, 0.3) is 0 Å².